The second-order valence-corrected chi connectivity index (χ2v) is 6.86. The average molecular weight is 343 g/mol. The van der Waals surface area contributed by atoms with E-state index < -0.39 is 10.0 Å². The highest BCUT2D eigenvalue weighted by Gasteiger charge is 2.20. The summed E-state index contributed by atoms with van der Waals surface area (Å²) in [6.45, 7) is 2.39. The number of unbranched alkanes of at least 4 members (excludes halogenated alkanes) is 1. The van der Waals surface area contributed by atoms with Crippen LogP contribution in [0.4, 0.5) is 0 Å². The van der Waals surface area contributed by atoms with Gasteiger partial charge in [-0.05, 0) is 17.9 Å². The van der Waals surface area contributed by atoms with Gasteiger partial charge in [0.2, 0.25) is 10.0 Å². The molecule has 0 fully saturated rings. The second-order valence-electron chi connectivity index (χ2n) is 5.17. The molecule has 1 unspecified atom stereocenters. The lowest BCUT2D eigenvalue weighted by atomic mass is 10.1. The largest absolute Gasteiger partial charge is 0.329 e. The van der Waals surface area contributed by atoms with E-state index in [0.717, 1.165) is 30.0 Å². The number of halogens is 1. The van der Waals surface area contributed by atoms with Gasteiger partial charge in [0, 0.05) is 18.0 Å². The van der Waals surface area contributed by atoms with Crippen molar-refractivity contribution in [1.29, 1.82) is 0 Å². The number of fused-ring (bicyclic) bond motifs is 1. The summed E-state index contributed by atoms with van der Waals surface area (Å²) in [7, 11) is -3.56. The van der Waals surface area contributed by atoms with Crippen LogP contribution in [-0.2, 0) is 10.0 Å². The molecule has 2 rings (SSSR count). The smallest absolute Gasteiger partial charge is 0.241 e. The van der Waals surface area contributed by atoms with Crippen LogP contribution in [0.15, 0.2) is 47.4 Å². The minimum atomic E-state index is -3.56. The van der Waals surface area contributed by atoms with E-state index in [9.17, 15) is 8.42 Å². The Bertz CT molecular complexity index is 699. The number of nitrogens with one attached hydrogen (secondary N) is 1. The number of hydrogen-bond donors (Lipinski definition) is 2. The maximum absolute atomic E-state index is 12.6. The molecule has 2 aromatic rings. The molecule has 122 valence electrons. The molecule has 2 aromatic carbocycles. The predicted octanol–water partition coefficient (Wildman–Crippen LogP) is 3.06. The fourth-order valence-electron chi connectivity index (χ4n) is 2.39. The summed E-state index contributed by atoms with van der Waals surface area (Å²) in [4.78, 5) is 0.315. The molecule has 0 aliphatic carbocycles. The molecule has 22 heavy (non-hydrogen) atoms. The lowest BCUT2D eigenvalue weighted by Crippen LogP contribution is -2.40. The zero-order valence-electron chi connectivity index (χ0n) is 12.7. The Balaban J connectivity index is 0.00000242. The van der Waals surface area contributed by atoms with Gasteiger partial charge >= 0.3 is 0 Å². The molecule has 1 atom stereocenters. The van der Waals surface area contributed by atoms with Crippen molar-refractivity contribution >= 4 is 33.2 Å². The zero-order valence-corrected chi connectivity index (χ0v) is 14.3. The Labute approximate surface area is 138 Å². The van der Waals surface area contributed by atoms with Crippen LogP contribution in [0.3, 0.4) is 0 Å². The van der Waals surface area contributed by atoms with Gasteiger partial charge in [0.1, 0.15) is 0 Å². The van der Waals surface area contributed by atoms with E-state index in [2.05, 4.69) is 11.6 Å². The fraction of sp³-hybridized carbons (Fsp3) is 0.375. The Kier molecular flexibility index (Phi) is 7.29. The molecule has 4 nitrogen and oxygen atoms in total. The van der Waals surface area contributed by atoms with Gasteiger partial charge in [-0.25, -0.2) is 13.1 Å². The quantitative estimate of drug-likeness (QED) is 0.812. The van der Waals surface area contributed by atoms with Gasteiger partial charge in [0.15, 0.2) is 0 Å². The molecule has 6 heteroatoms. The summed E-state index contributed by atoms with van der Waals surface area (Å²) in [5, 5.41) is 1.65. The number of rotatable bonds is 7. The van der Waals surface area contributed by atoms with Gasteiger partial charge in [0.25, 0.3) is 0 Å². The highest BCUT2D eigenvalue weighted by atomic mass is 35.5. The molecule has 0 aliphatic heterocycles. The summed E-state index contributed by atoms with van der Waals surface area (Å²) in [6, 6.07) is 12.6. The van der Waals surface area contributed by atoms with Crippen LogP contribution in [0.2, 0.25) is 0 Å². The minimum Gasteiger partial charge on any atom is -0.329 e. The Morgan fingerprint density at radius 3 is 2.50 bits per heavy atom. The molecule has 0 saturated heterocycles. The summed E-state index contributed by atoms with van der Waals surface area (Å²) < 4.78 is 28.0. The van der Waals surface area contributed by atoms with Crippen LogP contribution in [0.25, 0.3) is 10.8 Å². The van der Waals surface area contributed by atoms with E-state index in [1.54, 1.807) is 12.1 Å². The standard InChI is InChI=1S/C16H22N2O2S.ClH/c1-2-3-9-14(12-17)18-21(19,20)16-11-6-8-13-7-4-5-10-15(13)16;/h4-8,10-11,14,18H,2-3,9,12,17H2,1H3;1H. The van der Waals surface area contributed by atoms with Crippen molar-refractivity contribution < 1.29 is 8.42 Å². The van der Waals surface area contributed by atoms with Gasteiger partial charge in [-0.15, -0.1) is 12.4 Å². The fourth-order valence-corrected chi connectivity index (χ4v) is 3.90. The highest BCUT2D eigenvalue weighted by Crippen LogP contribution is 2.23. The van der Waals surface area contributed by atoms with Crippen LogP contribution in [-0.4, -0.2) is 21.0 Å². The summed E-state index contributed by atoms with van der Waals surface area (Å²) in [5.41, 5.74) is 5.68. The number of nitrogens with two attached hydrogens (primary N) is 1. The minimum absolute atomic E-state index is 0. The predicted molar refractivity (Wildman–Crippen MR) is 93.9 cm³/mol. The van der Waals surface area contributed by atoms with Crippen LogP contribution in [0.5, 0.6) is 0 Å². The van der Waals surface area contributed by atoms with E-state index in [1.165, 1.54) is 0 Å². The highest BCUT2D eigenvalue weighted by molar-refractivity contribution is 7.89. The summed E-state index contributed by atoms with van der Waals surface area (Å²) in [5.74, 6) is 0. The van der Waals surface area contributed by atoms with E-state index >= 15 is 0 Å². The molecule has 0 aliphatic rings. The summed E-state index contributed by atoms with van der Waals surface area (Å²) in [6.07, 6.45) is 2.74. The molecule has 0 spiro atoms. The van der Waals surface area contributed by atoms with Crippen molar-refractivity contribution in [3.05, 3.63) is 42.5 Å². The van der Waals surface area contributed by atoms with Gasteiger partial charge in [-0.1, -0.05) is 56.2 Å². The summed E-state index contributed by atoms with van der Waals surface area (Å²) >= 11 is 0. The Hall–Kier alpha value is -1.14. The first-order chi connectivity index (χ1) is 10.1. The Morgan fingerprint density at radius 1 is 1.14 bits per heavy atom. The van der Waals surface area contributed by atoms with Crippen LogP contribution in [0.1, 0.15) is 26.2 Å². The van der Waals surface area contributed by atoms with Gasteiger partial charge in [-0.3, -0.25) is 0 Å². The second kappa shape index (κ2) is 8.48. The zero-order chi connectivity index (χ0) is 15.3. The SMILES string of the molecule is CCCCC(CN)NS(=O)(=O)c1cccc2ccccc12.Cl. The molecule has 0 bridgehead atoms. The number of sulfonamides is 1. The van der Waals surface area contributed by atoms with Crippen molar-refractivity contribution in [3.63, 3.8) is 0 Å². The number of benzene rings is 2. The molecular formula is C16H23ClN2O2S. The van der Waals surface area contributed by atoms with Crippen molar-refractivity contribution in [2.24, 2.45) is 5.73 Å². The molecule has 3 N–H and O–H groups in total. The maximum Gasteiger partial charge on any atom is 0.241 e. The monoisotopic (exact) mass is 342 g/mol. The first-order valence-electron chi connectivity index (χ1n) is 7.28. The van der Waals surface area contributed by atoms with Gasteiger partial charge in [-0.2, -0.15) is 0 Å². The molecule has 0 radical (unpaired) electrons. The maximum atomic E-state index is 12.6. The molecule has 0 saturated carbocycles. The lowest BCUT2D eigenvalue weighted by molar-refractivity contribution is 0.517. The van der Waals surface area contributed by atoms with Gasteiger partial charge in [0.05, 0.1) is 4.90 Å². The van der Waals surface area contributed by atoms with Gasteiger partial charge < -0.3 is 5.73 Å². The molecule has 0 aromatic heterocycles. The van der Waals surface area contributed by atoms with Crippen molar-refractivity contribution in [2.45, 2.75) is 37.1 Å². The first kappa shape index (κ1) is 18.9. The normalized spacial score (nSPS) is 12.8. The third-order valence-electron chi connectivity index (χ3n) is 3.55. The van der Waals surface area contributed by atoms with E-state index in [4.69, 9.17) is 5.73 Å². The lowest BCUT2D eigenvalue weighted by Gasteiger charge is -2.17. The molecule has 0 heterocycles. The third-order valence-corrected chi connectivity index (χ3v) is 5.13. The number of hydrogen-bond acceptors (Lipinski definition) is 3. The molecular weight excluding hydrogens is 320 g/mol. The van der Waals surface area contributed by atoms with Crippen molar-refractivity contribution in [3.8, 4) is 0 Å². The first-order valence-corrected chi connectivity index (χ1v) is 8.77. The van der Waals surface area contributed by atoms with E-state index in [1.807, 2.05) is 30.3 Å². The Morgan fingerprint density at radius 2 is 1.82 bits per heavy atom. The van der Waals surface area contributed by atoms with E-state index in [-0.39, 0.29) is 18.4 Å². The van der Waals surface area contributed by atoms with Crippen LogP contribution >= 0.6 is 12.4 Å². The average Bonchev–Trinajstić information content (AvgIpc) is 2.50. The van der Waals surface area contributed by atoms with Crippen molar-refractivity contribution in [1.82, 2.24) is 4.72 Å². The third kappa shape index (κ3) is 4.43. The molecule has 0 amide bonds. The van der Waals surface area contributed by atoms with E-state index in [0.29, 0.717) is 11.4 Å². The van der Waals surface area contributed by atoms with Crippen molar-refractivity contribution in [2.75, 3.05) is 6.54 Å². The van der Waals surface area contributed by atoms with Crippen LogP contribution < -0.4 is 10.5 Å². The van der Waals surface area contributed by atoms with Crippen LogP contribution in [0, 0.1) is 0 Å². The topological polar surface area (TPSA) is 72.2 Å².